The first kappa shape index (κ1) is 11.7. The molecule has 0 saturated heterocycles. The van der Waals surface area contributed by atoms with E-state index in [-0.39, 0.29) is 0 Å². The summed E-state index contributed by atoms with van der Waals surface area (Å²) < 4.78 is 2.10. The zero-order valence-corrected chi connectivity index (χ0v) is 10.9. The predicted octanol–water partition coefficient (Wildman–Crippen LogP) is 3.31. The summed E-state index contributed by atoms with van der Waals surface area (Å²) >= 11 is 0. The fourth-order valence-electron chi connectivity index (χ4n) is 1.84. The summed E-state index contributed by atoms with van der Waals surface area (Å²) in [4.78, 5) is 4.36. The van der Waals surface area contributed by atoms with Gasteiger partial charge in [0.15, 0.2) is 0 Å². The molecule has 1 aromatic carbocycles. The lowest BCUT2D eigenvalue weighted by Gasteiger charge is -2.14. The summed E-state index contributed by atoms with van der Waals surface area (Å²) in [7, 11) is 0. The van der Waals surface area contributed by atoms with E-state index >= 15 is 0 Å². The Bertz CT molecular complexity index is 512. The van der Waals surface area contributed by atoms with Crippen LogP contribution >= 0.6 is 0 Å². The maximum absolute atomic E-state index is 4.36. The molecule has 2 aromatic rings. The molecule has 17 heavy (non-hydrogen) atoms. The van der Waals surface area contributed by atoms with Crippen molar-refractivity contribution >= 4 is 5.95 Å². The van der Waals surface area contributed by atoms with E-state index in [4.69, 9.17) is 0 Å². The molecule has 3 heteroatoms. The van der Waals surface area contributed by atoms with E-state index in [9.17, 15) is 0 Å². The Balaban J connectivity index is 2.45. The largest absolute Gasteiger partial charge is 0.353 e. The van der Waals surface area contributed by atoms with E-state index < -0.39 is 0 Å². The van der Waals surface area contributed by atoms with Gasteiger partial charge >= 0.3 is 0 Å². The van der Waals surface area contributed by atoms with Crippen LogP contribution < -0.4 is 5.32 Å². The Morgan fingerprint density at radius 3 is 2.71 bits per heavy atom. The Morgan fingerprint density at radius 1 is 1.24 bits per heavy atom. The van der Waals surface area contributed by atoms with E-state index in [1.165, 1.54) is 16.8 Å². The maximum Gasteiger partial charge on any atom is 0.207 e. The molecule has 0 bridgehead atoms. The molecule has 0 saturated carbocycles. The van der Waals surface area contributed by atoms with Gasteiger partial charge in [0.25, 0.3) is 0 Å². The van der Waals surface area contributed by atoms with Crippen LogP contribution in [0.1, 0.15) is 25.0 Å². The number of aromatic nitrogens is 2. The second-order valence-corrected chi connectivity index (χ2v) is 4.71. The lowest BCUT2D eigenvalue weighted by Crippen LogP contribution is -2.14. The van der Waals surface area contributed by atoms with Crippen LogP contribution in [0.15, 0.2) is 30.6 Å². The molecule has 3 nitrogen and oxygen atoms in total. The normalized spacial score (nSPS) is 10.9. The van der Waals surface area contributed by atoms with Crippen molar-refractivity contribution in [2.24, 2.45) is 0 Å². The average molecular weight is 229 g/mol. The summed E-state index contributed by atoms with van der Waals surface area (Å²) in [5.41, 5.74) is 3.70. The van der Waals surface area contributed by atoms with E-state index in [0.29, 0.717) is 6.04 Å². The first-order chi connectivity index (χ1) is 8.08. The van der Waals surface area contributed by atoms with Crippen molar-refractivity contribution in [2.45, 2.75) is 33.7 Å². The van der Waals surface area contributed by atoms with Crippen LogP contribution in [-0.2, 0) is 0 Å². The Morgan fingerprint density at radius 2 is 2.00 bits per heavy atom. The Hall–Kier alpha value is -1.77. The van der Waals surface area contributed by atoms with Crippen molar-refractivity contribution < 1.29 is 0 Å². The molecule has 0 amide bonds. The van der Waals surface area contributed by atoms with Gasteiger partial charge in [-0.05, 0) is 44.9 Å². The van der Waals surface area contributed by atoms with Gasteiger partial charge in [-0.2, -0.15) is 0 Å². The molecule has 0 aliphatic rings. The molecule has 0 atom stereocenters. The highest BCUT2D eigenvalue weighted by Crippen LogP contribution is 2.20. The molecule has 2 rings (SSSR count). The van der Waals surface area contributed by atoms with Crippen molar-refractivity contribution in [3.63, 3.8) is 0 Å². The van der Waals surface area contributed by atoms with Crippen LogP contribution in [-0.4, -0.2) is 15.6 Å². The molecule has 0 aliphatic carbocycles. The summed E-state index contributed by atoms with van der Waals surface area (Å²) in [6.45, 7) is 8.45. The van der Waals surface area contributed by atoms with Crippen molar-refractivity contribution in [3.8, 4) is 5.69 Å². The number of rotatable bonds is 3. The average Bonchev–Trinajstić information content (AvgIpc) is 2.69. The number of nitrogens with one attached hydrogen (secondary N) is 1. The van der Waals surface area contributed by atoms with Gasteiger partial charge in [0.05, 0.1) is 5.69 Å². The SMILES string of the molecule is Cc1ccc(C)c(-n2ccnc2NC(C)C)c1. The van der Waals surface area contributed by atoms with Gasteiger partial charge in [-0.25, -0.2) is 4.98 Å². The van der Waals surface area contributed by atoms with Crippen LogP contribution in [0.4, 0.5) is 5.95 Å². The topological polar surface area (TPSA) is 29.9 Å². The zero-order valence-electron chi connectivity index (χ0n) is 10.9. The second-order valence-electron chi connectivity index (χ2n) is 4.71. The van der Waals surface area contributed by atoms with Gasteiger partial charge in [-0.1, -0.05) is 12.1 Å². The lowest BCUT2D eigenvalue weighted by atomic mass is 10.1. The maximum atomic E-state index is 4.36. The summed E-state index contributed by atoms with van der Waals surface area (Å²) in [6, 6.07) is 6.83. The second kappa shape index (κ2) is 4.62. The third-order valence-corrected chi connectivity index (χ3v) is 2.68. The minimum absolute atomic E-state index is 0.376. The molecule has 0 spiro atoms. The molecule has 1 N–H and O–H groups in total. The Labute approximate surface area is 103 Å². The third kappa shape index (κ3) is 2.49. The highest BCUT2D eigenvalue weighted by atomic mass is 15.2. The summed E-state index contributed by atoms with van der Waals surface area (Å²) in [5.74, 6) is 0.897. The molecule has 0 radical (unpaired) electrons. The van der Waals surface area contributed by atoms with Gasteiger partial charge in [-0.15, -0.1) is 0 Å². The van der Waals surface area contributed by atoms with Crippen LogP contribution in [0.3, 0.4) is 0 Å². The first-order valence-electron chi connectivity index (χ1n) is 5.95. The van der Waals surface area contributed by atoms with Crippen molar-refractivity contribution in [1.29, 1.82) is 0 Å². The van der Waals surface area contributed by atoms with Gasteiger partial charge in [-0.3, -0.25) is 4.57 Å². The van der Waals surface area contributed by atoms with Crippen LogP contribution in [0.2, 0.25) is 0 Å². The Kier molecular flexibility index (Phi) is 3.18. The predicted molar refractivity (Wildman–Crippen MR) is 71.8 cm³/mol. The number of imidazole rings is 1. The molecular weight excluding hydrogens is 210 g/mol. The molecule has 0 fully saturated rings. The number of hydrogen-bond acceptors (Lipinski definition) is 2. The fourth-order valence-corrected chi connectivity index (χ4v) is 1.84. The highest BCUT2D eigenvalue weighted by Gasteiger charge is 2.08. The molecule has 1 heterocycles. The monoisotopic (exact) mass is 229 g/mol. The molecular formula is C14H19N3. The van der Waals surface area contributed by atoms with Gasteiger partial charge in [0.1, 0.15) is 0 Å². The van der Waals surface area contributed by atoms with Crippen LogP contribution in [0.25, 0.3) is 5.69 Å². The zero-order chi connectivity index (χ0) is 12.4. The number of anilines is 1. The molecule has 0 unspecified atom stereocenters. The van der Waals surface area contributed by atoms with E-state index in [0.717, 1.165) is 5.95 Å². The molecule has 1 aromatic heterocycles. The van der Waals surface area contributed by atoms with E-state index in [1.807, 2.05) is 12.4 Å². The summed E-state index contributed by atoms with van der Waals surface area (Å²) in [6.07, 6.45) is 3.82. The number of nitrogens with zero attached hydrogens (tertiary/aromatic N) is 2. The van der Waals surface area contributed by atoms with Gasteiger partial charge in [0.2, 0.25) is 5.95 Å². The standard InChI is InChI=1S/C14H19N3/c1-10(2)16-14-15-7-8-17(14)13-9-11(3)5-6-12(13)4/h5-10H,1-4H3,(H,15,16). The van der Waals surface area contributed by atoms with Gasteiger partial charge < -0.3 is 5.32 Å². The van der Waals surface area contributed by atoms with E-state index in [2.05, 4.69) is 60.8 Å². The smallest absolute Gasteiger partial charge is 0.207 e. The van der Waals surface area contributed by atoms with Crippen LogP contribution in [0.5, 0.6) is 0 Å². The van der Waals surface area contributed by atoms with Crippen molar-refractivity contribution in [2.75, 3.05) is 5.32 Å². The molecule has 90 valence electrons. The van der Waals surface area contributed by atoms with E-state index in [1.54, 1.807) is 0 Å². The minimum atomic E-state index is 0.376. The lowest BCUT2D eigenvalue weighted by molar-refractivity contribution is 0.862. The van der Waals surface area contributed by atoms with Crippen molar-refractivity contribution in [3.05, 3.63) is 41.7 Å². The minimum Gasteiger partial charge on any atom is -0.353 e. The van der Waals surface area contributed by atoms with Gasteiger partial charge in [0, 0.05) is 18.4 Å². The fraction of sp³-hybridized carbons (Fsp3) is 0.357. The quantitative estimate of drug-likeness (QED) is 0.875. The molecule has 0 aliphatic heterocycles. The first-order valence-corrected chi connectivity index (χ1v) is 5.95. The van der Waals surface area contributed by atoms with Crippen molar-refractivity contribution in [1.82, 2.24) is 9.55 Å². The summed E-state index contributed by atoms with van der Waals surface area (Å²) in [5, 5.41) is 3.35. The number of aryl methyl sites for hydroxylation is 2. The third-order valence-electron chi connectivity index (χ3n) is 2.68. The number of benzene rings is 1. The van der Waals surface area contributed by atoms with Crippen LogP contribution in [0, 0.1) is 13.8 Å². The number of hydrogen-bond donors (Lipinski definition) is 1. The highest BCUT2D eigenvalue weighted by molar-refractivity contribution is 5.48.